The maximum absolute atomic E-state index is 12.2. The third-order valence-corrected chi connectivity index (χ3v) is 10.8. The summed E-state index contributed by atoms with van der Waals surface area (Å²) < 4.78 is 5.22. The first-order valence-electron chi connectivity index (χ1n) is 12.0. The van der Waals surface area contributed by atoms with E-state index in [-0.39, 0.29) is 22.7 Å². The van der Waals surface area contributed by atoms with Crippen LogP contribution in [0.4, 0.5) is 0 Å². The molecule has 2 N–H and O–H groups in total. The number of esters is 1. The molecule has 162 valence electrons. The quantitative estimate of drug-likeness (QED) is 0.673. The molecule has 0 unspecified atom stereocenters. The van der Waals surface area contributed by atoms with Gasteiger partial charge in [-0.05, 0) is 98.9 Å². The van der Waals surface area contributed by atoms with Crippen molar-refractivity contribution >= 4 is 5.97 Å². The van der Waals surface area contributed by atoms with Gasteiger partial charge in [0.2, 0.25) is 0 Å². The first-order valence-corrected chi connectivity index (χ1v) is 12.0. The summed E-state index contributed by atoms with van der Waals surface area (Å²) in [7, 11) is 0. The number of hydrogen-bond acceptors (Lipinski definition) is 4. The van der Waals surface area contributed by atoms with Crippen LogP contribution in [-0.2, 0) is 9.53 Å². The molecule has 5 aliphatic rings. The van der Waals surface area contributed by atoms with Crippen molar-refractivity contribution in [3.63, 3.8) is 0 Å². The molecule has 4 aliphatic carbocycles. The Labute approximate surface area is 175 Å². The van der Waals surface area contributed by atoms with E-state index >= 15 is 0 Å². The molecule has 0 saturated heterocycles. The number of fused-ring (bicyclic) bond motifs is 5. The second-order valence-electron chi connectivity index (χ2n) is 11.6. The Balaban J connectivity index is 1.44. The van der Waals surface area contributed by atoms with Crippen LogP contribution in [0.1, 0.15) is 85.0 Å². The van der Waals surface area contributed by atoms with Gasteiger partial charge in [0.05, 0.1) is 11.2 Å². The fourth-order valence-corrected chi connectivity index (χ4v) is 8.80. The fraction of sp³-hybridized carbons (Fsp3) is 0.880. The van der Waals surface area contributed by atoms with Crippen molar-refractivity contribution in [1.29, 1.82) is 0 Å². The molecule has 1 aliphatic heterocycles. The smallest absolute Gasteiger partial charge is 0.331 e. The van der Waals surface area contributed by atoms with Gasteiger partial charge >= 0.3 is 5.97 Å². The summed E-state index contributed by atoms with van der Waals surface area (Å²) in [6.07, 6.45) is 11.7. The highest BCUT2D eigenvalue weighted by molar-refractivity contribution is 5.85. The van der Waals surface area contributed by atoms with E-state index in [1.165, 1.54) is 6.42 Å². The fourth-order valence-electron chi connectivity index (χ4n) is 8.80. The van der Waals surface area contributed by atoms with Crippen LogP contribution in [0.15, 0.2) is 11.6 Å². The van der Waals surface area contributed by atoms with Gasteiger partial charge in [0.1, 0.15) is 6.61 Å². The van der Waals surface area contributed by atoms with E-state index in [0.29, 0.717) is 24.4 Å². The summed E-state index contributed by atoms with van der Waals surface area (Å²) in [4.78, 5) is 11.7. The van der Waals surface area contributed by atoms with E-state index in [4.69, 9.17) is 4.74 Å². The lowest BCUT2D eigenvalue weighted by Crippen LogP contribution is -2.63. The highest BCUT2D eigenvalue weighted by atomic mass is 16.5. The lowest BCUT2D eigenvalue weighted by Gasteiger charge is -2.64. The molecule has 0 amide bonds. The highest BCUT2D eigenvalue weighted by Crippen LogP contribution is 2.70. The van der Waals surface area contributed by atoms with Crippen molar-refractivity contribution in [3.8, 4) is 0 Å². The van der Waals surface area contributed by atoms with E-state index in [9.17, 15) is 15.0 Å². The third-order valence-electron chi connectivity index (χ3n) is 10.8. The number of rotatable bonds is 2. The molecule has 0 radical (unpaired) electrons. The van der Waals surface area contributed by atoms with Gasteiger partial charge in [-0.2, -0.15) is 0 Å². The van der Waals surface area contributed by atoms with E-state index < -0.39 is 11.2 Å². The minimum absolute atomic E-state index is 0.157. The number of cyclic esters (lactones) is 1. The molecule has 4 fully saturated rings. The maximum atomic E-state index is 12.2. The molecular weight excluding hydrogens is 364 g/mol. The van der Waals surface area contributed by atoms with Crippen LogP contribution < -0.4 is 0 Å². The van der Waals surface area contributed by atoms with Crippen molar-refractivity contribution < 1.29 is 19.7 Å². The second kappa shape index (κ2) is 6.32. The molecule has 4 heteroatoms. The Morgan fingerprint density at radius 1 is 1.03 bits per heavy atom. The zero-order valence-electron chi connectivity index (χ0n) is 18.4. The number of carbonyl (C=O) groups is 1. The summed E-state index contributed by atoms with van der Waals surface area (Å²) in [6.45, 7) is 7.29. The molecular formula is C25H38O4. The van der Waals surface area contributed by atoms with Gasteiger partial charge < -0.3 is 14.9 Å². The Morgan fingerprint density at radius 3 is 2.52 bits per heavy atom. The average molecular weight is 403 g/mol. The van der Waals surface area contributed by atoms with Gasteiger partial charge in [0.15, 0.2) is 0 Å². The normalized spacial score (nSPS) is 54.2. The van der Waals surface area contributed by atoms with Gasteiger partial charge in [-0.25, -0.2) is 4.79 Å². The zero-order chi connectivity index (χ0) is 20.7. The average Bonchev–Trinajstić information content (AvgIpc) is 3.23. The van der Waals surface area contributed by atoms with Crippen LogP contribution in [0.3, 0.4) is 0 Å². The SMILES string of the molecule is CC[C@]1(O)CC[C@@]2(C)[C@H](CC[C@@H]3[C@@H]2CC[C@]2(C)[C@@H](C4=CC(=O)OC4)CC[C@]32O)C1. The van der Waals surface area contributed by atoms with Gasteiger partial charge in [0, 0.05) is 11.5 Å². The number of hydrogen-bond donors (Lipinski definition) is 2. The largest absolute Gasteiger partial charge is 0.458 e. The number of ether oxygens (including phenoxy) is 1. The molecule has 0 aromatic carbocycles. The van der Waals surface area contributed by atoms with Gasteiger partial charge in [-0.1, -0.05) is 20.8 Å². The van der Waals surface area contributed by atoms with Crippen molar-refractivity contribution in [1.82, 2.24) is 0 Å². The van der Waals surface area contributed by atoms with Crippen molar-refractivity contribution in [2.24, 2.45) is 34.5 Å². The van der Waals surface area contributed by atoms with E-state index in [0.717, 1.165) is 63.4 Å². The topological polar surface area (TPSA) is 66.8 Å². The predicted molar refractivity (Wildman–Crippen MR) is 111 cm³/mol. The highest BCUT2D eigenvalue weighted by Gasteiger charge is 2.68. The van der Waals surface area contributed by atoms with Crippen molar-refractivity contribution in [2.75, 3.05) is 6.61 Å². The standard InChI is InChI=1S/C25H38O4/c1-4-24(27)12-11-22(2)17(14-24)5-6-20-19(22)7-9-23(3)18(8-10-25(20,23)28)16-13-21(26)29-15-16/h13,17-20,27-28H,4-12,14-15H2,1-3H3/t17-,18-,19+,20-,22+,23-,24+,25+/m1/s1. The van der Waals surface area contributed by atoms with Gasteiger partial charge in [0.25, 0.3) is 0 Å². The van der Waals surface area contributed by atoms with Gasteiger partial charge in [-0.15, -0.1) is 0 Å². The minimum Gasteiger partial charge on any atom is -0.458 e. The Hall–Kier alpha value is -0.870. The number of carbonyl (C=O) groups excluding carboxylic acids is 1. The van der Waals surface area contributed by atoms with Crippen LogP contribution in [0.25, 0.3) is 0 Å². The van der Waals surface area contributed by atoms with Crippen LogP contribution in [-0.4, -0.2) is 34.0 Å². The Morgan fingerprint density at radius 2 is 1.83 bits per heavy atom. The summed E-state index contributed by atoms with van der Waals surface area (Å²) in [5.74, 6) is 1.53. The summed E-state index contributed by atoms with van der Waals surface area (Å²) in [5.41, 5.74) is 0.0787. The molecule has 0 aromatic rings. The monoisotopic (exact) mass is 402 g/mol. The van der Waals surface area contributed by atoms with Crippen molar-refractivity contribution in [2.45, 2.75) is 96.2 Å². The molecule has 1 heterocycles. The number of aliphatic hydroxyl groups is 2. The maximum Gasteiger partial charge on any atom is 0.331 e. The van der Waals surface area contributed by atoms with Crippen molar-refractivity contribution in [3.05, 3.63) is 11.6 Å². The molecule has 5 rings (SSSR count). The molecule has 4 nitrogen and oxygen atoms in total. The summed E-state index contributed by atoms with van der Waals surface area (Å²) >= 11 is 0. The van der Waals surface area contributed by atoms with Crippen LogP contribution in [0, 0.1) is 34.5 Å². The third kappa shape index (κ3) is 2.60. The molecule has 0 bridgehead atoms. The van der Waals surface area contributed by atoms with E-state index in [2.05, 4.69) is 20.8 Å². The first-order chi connectivity index (χ1) is 13.7. The first kappa shape index (κ1) is 20.1. The Bertz CT molecular complexity index is 745. The van der Waals surface area contributed by atoms with E-state index in [1.807, 2.05) is 0 Å². The minimum atomic E-state index is -0.639. The second-order valence-corrected chi connectivity index (χ2v) is 11.6. The zero-order valence-corrected chi connectivity index (χ0v) is 18.4. The van der Waals surface area contributed by atoms with Gasteiger partial charge in [-0.3, -0.25) is 0 Å². The molecule has 4 saturated carbocycles. The van der Waals surface area contributed by atoms with E-state index in [1.54, 1.807) is 6.08 Å². The predicted octanol–water partition coefficient (Wildman–Crippen LogP) is 4.38. The lowest BCUT2D eigenvalue weighted by atomic mass is 9.42. The Kier molecular flexibility index (Phi) is 4.37. The summed E-state index contributed by atoms with van der Waals surface area (Å²) in [6, 6.07) is 0. The van der Waals surface area contributed by atoms with Crippen LogP contribution in [0.5, 0.6) is 0 Å². The van der Waals surface area contributed by atoms with Crippen LogP contribution in [0.2, 0.25) is 0 Å². The van der Waals surface area contributed by atoms with Crippen LogP contribution >= 0.6 is 0 Å². The molecule has 8 atom stereocenters. The molecule has 29 heavy (non-hydrogen) atoms. The lowest BCUT2D eigenvalue weighted by molar-refractivity contribution is -0.215. The molecule has 0 spiro atoms. The molecule has 0 aromatic heterocycles. The summed E-state index contributed by atoms with van der Waals surface area (Å²) in [5, 5.41) is 23.2.